The fourth-order valence-electron chi connectivity index (χ4n) is 7.46. The third-order valence-electron chi connectivity index (χ3n) is 9.77. The lowest BCUT2D eigenvalue weighted by molar-refractivity contribution is -0.384. The third-order valence-corrected chi connectivity index (χ3v) is 9.77. The number of hydrogen-bond donors (Lipinski definition) is 3. The highest BCUT2D eigenvalue weighted by atomic mass is 16.6. The van der Waals surface area contributed by atoms with Crippen molar-refractivity contribution in [2.75, 3.05) is 11.5 Å². The Hall–Kier alpha value is -5.12. The molecule has 0 aromatic heterocycles. The van der Waals surface area contributed by atoms with Gasteiger partial charge >= 0.3 is 0 Å². The van der Waals surface area contributed by atoms with Crippen molar-refractivity contribution in [1.82, 2.24) is 0 Å². The van der Waals surface area contributed by atoms with E-state index in [1.165, 1.54) is 24.3 Å². The average molecular weight is 647 g/mol. The molecule has 1 aliphatic heterocycles. The highest BCUT2D eigenvalue weighted by Crippen LogP contribution is 2.49. The van der Waals surface area contributed by atoms with Crippen molar-refractivity contribution in [2.24, 2.45) is 23.7 Å². The molecule has 0 radical (unpaired) electrons. The minimum atomic E-state index is -1.00. The van der Waals surface area contributed by atoms with Crippen LogP contribution in [0.15, 0.2) is 102 Å². The SMILES string of the molecule is CC(C)C1=C([C@H](O)CC/C(=C/c2ccc(O)c3ccccc23)c2ccccc2)[C@H](CO)[C@@H]2C(=O)N(c3cccc([N+](=O)[O-])c3)C(=O)[C@@H]2C1. The van der Waals surface area contributed by atoms with Crippen molar-refractivity contribution >= 4 is 45.6 Å². The van der Waals surface area contributed by atoms with Crippen LogP contribution in [0.5, 0.6) is 5.75 Å². The number of imide groups is 1. The van der Waals surface area contributed by atoms with Crippen molar-refractivity contribution in [2.45, 2.75) is 39.2 Å². The molecule has 0 unspecified atom stereocenters. The van der Waals surface area contributed by atoms with Gasteiger partial charge in [0.15, 0.2) is 0 Å². The normalized spacial score (nSPS) is 20.5. The number of rotatable bonds is 10. The van der Waals surface area contributed by atoms with E-state index in [0.717, 1.165) is 37.9 Å². The predicted octanol–water partition coefficient (Wildman–Crippen LogP) is 6.91. The number of nitro groups is 1. The first-order valence-corrected chi connectivity index (χ1v) is 16.2. The van der Waals surface area contributed by atoms with Gasteiger partial charge in [0.25, 0.3) is 5.69 Å². The van der Waals surface area contributed by atoms with E-state index in [9.17, 15) is 35.0 Å². The van der Waals surface area contributed by atoms with Gasteiger partial charge in [-0.3, -0.25) is 19.7 Å². The molecule has 1 aliphatic carbocycles. The van der Waals surface area contributed by atoms with Gasteiger partial charge < -0.3 is 15.3 Å². The van der Waals surface area contributed by atoms with Crippen LogP contribution in [0.1, 0.15) is 44.2 Å². The zero-order chi connectivity index (χ0) is 34.1. The van der Waals surface area contributed by atoms with E-state index in [2.05, 4.69) is 6.08 Å². The molecule has 4 atom stereocenters. The number of anilines is 1. The van der Waals surface area contributed by atoms with Crippen LogP contribution in [0, 0.1) is 33.8 Å². The summed E-state index contributed by atoms with van der Waals surface area (Å²) >= 11 is 0. The van der Waals surface area contributed by atoms with Crippen LogP contribution in [0.3, 0.4) is 0 Å². The molecule has 246 valence electrons. The largest absolute Gasteiger partial charge is 0.507 e. The van der Waals surface area contributed by atoms with Crippen LogP contribution >= 0.6 is 0 Å². The molecular formula is C39H38N2O7. The monoisotopic (exact) mass is 646 g/mol. The van der Waals surface area contributed by atoms with Gasteiger partial charge in [-0.2, -0.15) is 0 Å². The number of hydrogen-bond acceptors (Lipinski definition) is 7. The van der Waals surface area contributed by atoms with Crippen molar-refractivity contribution in [3.63, 3.8) is 0 Å². The van der Waals surface area contributed by atoms with Crippen molar-refractivity contribution in [3.8, 4) is 5.75 Å². The summed E-state index contributed by atoms with van der Waals surface area (Å²) < 4.78 is 0. The van der Waals surface area contributed by atoms with Gasteiger partial charge in [-0.25, -0.2) is 4.90 Å². The first-order valence-electron chi connectivity index (χ1n) is 16.2. The number of nitro benzene ring substituents is 1. The number of phenolic OH excluding ortho intramolecular Hbond substituents is 1. The molecule has 9 nitrogen and oxygen atoms in total. The maximum atomic E-state index is 13.9. The molecule has 0 spiro atoms. The molecule has 1 saturated heterocycles. The van der Waals surface area contributed by atoms with Crippen LogP contribution in [0.25, 0.3) is 22.4 Å². The summed E-state index contributed by atoms with van der Waals surface area (Å²) in [5, 5.41) is 46.2. The number of amides is 2. The van der Waals surface area contributed by atoms with Gasteiger partial charge in [-0.15, -0.1) is 0 Å². The average Bonchev–Trinajstić information content (AvgIpc) is 3.35. The fraction of sp³-hybridized carbons (Fsp3) is 0.282. The van der Waals surface area contributed by atoms with Gasteiger partial charge in [0.2, 0.25) is 11.8 Å². The molecule has 3 N–H and O–H groups in total. The number of aromatic hydroxyl groups is 1. The van der Waals surface area contributed by atoms with Crippen molar-refractivity contribution < 1.29 is 29.8 Å². The molecule has 0 bridgehead atoms. The summed E-state index contributed by atoms with van der Waals surface area (Å²) in [6.07, 6.45) is 2.08. The van der Waals surface area contributed by atoms with Crippen LogP contribution in [0.4, 0.5) is 11.4 Å². The Morgan fingerprint density at radius 3 is 2.35 bits per heavy atom. The van der Waals surface area contributed by atoms with Crippen LogP contribution < -0.4 is 4.90 Å². The molecule has 1 heterocycles. The summed E-state index contributed by atoms with van der Waals surface area (Å²) in [4.78, 5) is 39.5. The van der Waals surface area contributed by atoms with E-state index in [1.807, 2.05) is 74.5 Å². The minimum absolute atomic E-state index is 0.0630. The molecule has 0 saturated carbocycles. The van der Waals surface area contributed by atoms with Gasteiger partial charge in [-0.1, -0.05) is 92.2 Å². The molecular weight excluding hydrogens is 608 g/mol. The molecule has 4 aromatic rings. The Bertz CT molecular complexity index is 1950. The molecule has 9 heteroatoms. The smallest absolute Gasteiger partial charge is 0.271 e. The lowest BCUT2D eigenvalue weighted by Gasteiger charge is -2.38. The number of aliphatic hydroxyl groups is 2. The quantitative estimate of drug-likeness (QED) is 0.0559. The third kappa shape index (κ3) is 6.03. The summed E-state index contributed by atoms with van der Waals surface area (Å²) in [6.45, 7) is 3.51. The maximum absolute atomic E-state index is 13.9. The van der Waals surface area contributed by atoms with E-state index in [0.29, 0.717) is 18.4 Å². The Morgan fingerprint density at radius 2 is 1.67 bits per heavy atom. The van der Waals surface area contributed by atoms with Gasteiger partial charge in [0.05, 0.1) is 35.2 Å². The number of non-ortho nitro benzene ring substituents is 1. The summed E-state index contributed by atoms with van der Waals surface area (Å²) in [7, 11) is 0. The second kappa shape index (κ2) is 13.5. The summed E-state index contributed by atoms with van der Waals surface area (Å²) in [6, 6.07) is 26.5. The molecule has 6 rings (SSSR count). The van der Waals surface area contributed by atoms with Gasteiger partial charge in [0, 0.05) is 23.4 Å². The Labute approximate surface area is 278 Å². The van der Waals surface area contributed by atoms with E-state index in [4.69, 9.17) is 0 Å². The number of benzene rings is 4. The number of fused-ring (bicyclic) bond motifs is 2. The zero-order valence-electron chi connectivity index (χ0n) is 26.8. The van der Waals surface area contributed by atoms with Crippen molar-refractivity contribution in [1.29, 1.82) is 0 Å². The maximum Gasteiger partial charge on any atom is 0.271 e. The zero-order valence-corrected chi connectivity index (χ0v) is 26.8. The van der Waals surface area contributed by atoms with Crippen LogP contribution in [-0.4, -0.2) is 44.8 Å². The summed E-state index contributed by atoms with van der Waals surface area (Å²) in [5.74, 6) is -3.28. The second-order valence-electron chi connectivity index (χ2n) is 12.9. The van der Waals surface area contributed by atoms with E-state index in [-0.39, 0.29) is 29.5 Å². The number of allylic oxidation sites excluding steroid dienone is 2. The first kappa shape index (κ1) is 32.8. The van der Waals surface area contributed by atoms with Gasteiger partial charge in [0.1, 0.15) is 5.75 Å². The van der Waals surface area contributed by atoms with Gasteiger partial charge in [-0.05, 0) is 65.0 Å². The van der Waals surface area contributed by atoms with E-state index < -0.39 is 47.2 Å². The molecule has 2 aliphatic rings. The van der Waals surface area contributed by atoms with Crippen LogP contribution in [-0.2, 0) is 9.59 Å². The predicted molar refractivity (Wildman–Crippen MR) is 185 cm³/mol. The highest BCUT2D eigenvalue weighted by Gasteiger charge is 2.55. The molecule has 2 amide bonds. The molecule has 48 heavy (non-hydrogen) atoms. The van der Waals surface area contributed by atoms with Crippen molar-refractivity contribution in [3.05, 3.63) is 123 Å². The summed E-state index contributed by atoms with van der Waals surface area (Å²) in [5.41, 5.74) is 4.20. The number of aliphatic hydroxyl groups excluding tert-OH is 2. The lowest BCUT2D eigenvalue weighted by Crippen LogP contribution is -2.39. The number of nitrogens with zero attached hydrogens (tertiary/aromatic N) is 2. The first-order chi connectivity index (χ1) is 23.1. The second-order valence-corrected chi connectivity index (χ2v) is 12.9. The van der Waals surface area contributed by atoms with E-state index in [1.54, 1.807) is 6.07 Å². The lowest BCUT2D eigenvalue weighted by atomic mass is 9.66. The van der Waals surface area contributed by atoms with E-state index >= 15 is 0 Å². The number of carbonyl (C=O) groups excluding carboxylic acids is 2. The highest BCUT2D eigenvalue weighted by molar-refractivity contribution is 6.22. The number of carbonyl (C=O) groups is 2. The fourth-order valence-corrected chi connectivity index (χ4v) is 7.46. The Morgan fingerprint density at radius 1 is 0.958 bits per heavy atom. The van der Waals surface area contributed by atoms with Crippen LogP contribution in [0.2, 0.25) is 0 Å². The number of phenols is 1. The standard InChI is InChI=1S/C39H38N2O7/c1-23(2)31-21-32-37(39(46)40(38(32)45)27-11-8-12-28(20-27)41(47)48)33(22-42)36(31)35(44)18-15-25(24-9-4-3-5-10-24)19-26-16-17-34(43)30-14-7-6-13-29(26)30/h3-14,16-17,19-20,23,32-33,35,37,42-44H,15,18,21-22H2,1-2H3/b25-19-/t32-,33+,35-,37-/m1/s1. The Kier molecular flexibility index (Phi) is 9.26. The Balaban J connectivity index is 1.33. The minimum Gasteiger partial charge on any atom is -0.507 e. The molecule has 1 fully saturated rings. The topological polar surface area (TPSA) is 141 Å². The molecule has 4 aromatic carbocycles.